The molecule has 0 fully saturated rings. The summed E-state index contributed by atoms with van der Waals surface area (Å²) < 4.78 is 0.742. The molecule has 58 heavy (non-hydrogen) atoms. The third kappa shape index (κ3) is 27.8. The molecule has 0 aromatic carbocycles. The number of hydrogen-bond donors (Lipinski definition) is 0. The molecule has 0 radical (unpaired) electrons. The number of rotatable bonds is 48. The molecule has 0 heterocycles. The molecular weight excluding hydrogens is 772 g/mol. The smallest absolute Gasteiger partial charge is 0.0367 e. The Morgan fingerprint density at radius 1 is 0.241 bits per heavy atom. The van der Waals surface area contributed by atoms with Crippen molar-refractivity contribution in [1.29, 1.82) is 0 Å². The maximum Gasteiger partial charge on any atom is 0.0367 e. The molecule has 0 N–H and O–H groups in total. The Bertz CT molecular complexity index is 670. The Hall–Kier alpha value is 1.72. The molecule has 4 heteroatoms. The van der Waals surface area contributed by atoms with E-state index in [-0.39, 0.29) is 31.7 Å². The van der Waals surface area contributed by atoms with Crippen molar-refractivity contribution in [3.05, 3.63) is 0 Å². The summed E-state index contributed by atoms with van der Waals surface area (Å²) in [7, 11) is 0.136. The summed E-state index contributed by atoms with van der Waals surface area (Å²) in [5.41, 5.74) is 1.08. The first-order valence-electron chi connectivity index (χ1n) is 27.5. The van der Waals surface area contributed by atoms with Crippen molar-refractivity contribution in [3.8, 4) is 0 Å². The first kappa shape index (κ1) is 59.7. The molecule has 0 aromatic rings. The van der Waals surface area contributed by atoms with Gasteiger partial charge in [0, 0.05) is 4.64 Å². The second kappa shape index (κ2) is 45.3. The van der Waals surface area contributed by atoms with Crippen LogP contribution in [0.3, 0.4) is 0 Å². The van der Waals surface area contributed by atoms with Gasteiger partial charge in [-0.2, -0.15) is 0 Å². The average molecular weight is 887 g/mol. The molecule has 0 aliphatic rings. The molecule has 1 unspecified atom stereocenters. The summed E-state index contributed by atoms with van der Waals surface area (Å²) in [5.74, 6) is 0. The van der Waals surface area contributed by atoms with Crippen molar-refractivity contribution in [1.82, 2.24) is 0 Å². The van der Waals surface area contributed by atoms with E-state index < -0.39 is 0 Å². The molecule has 1 atom stereocenters. The minimum Gasteiger partial charge on any atom is -0.102 e. The van der Waals surface area contributed by atoms with Crippen LogP contribution >= 0.6 is 31.7 Å². The van der Waals surface area contributed by atoms with Gasteiger partial charge in [0.2, 0.25) is 0 Å². The Kier molecular flexibility index (Phi) is 46.6. The summed E-state index contributed by atoms with van der Waals surface area (Å²) in [6, 6.07) is 0. The lowest BCUT2D eigenvalue weighted by atomic mass is 10.2. The third-order valence-electron chi connectivity index (χ3n) is 13.4. The standard InChI is InChI=1S/C54H114P4/c1-10-19-28-36-45-55(46-37-29-20-11-2)53(44-27-18-9)54(56(47-38-30-21-12-3)48-39-31-22-13-4,57(49-40-32-23-14-5)50-41-33-24-15-6)58(51-42-34-25-16-7)52-43-35-26-17-8/h53H,10-52H2,1-9H3. The molecule has 0 rings (SSSR count). The molecular formula is C54H114P4. The molecule has 0 bridgehead atoms. The highest BCUT2D eigenvalue weighted by molar-refractivity contribution is 7.94. The lowest BCUT2D eigenvalue weighted by molar-refractivity contribution is 0.650. The normalized spacial score (nSPS) is 13.0. The van der Waals surface area contributed by atoms with E-state index >= 15 is 0 Å². The van der Waals surface area contributed by atoms with E-state index in [4.69, 9.17) is 0 Å². The van der Waals surface area contributed by atoms with Crippen molar-refractivity contribution in [2.75, 3.05) is 49.3 Å². The molecule has 0 amide bonds. The summed E-state index contributed by atoms with van der Waals surface area (Å²) in [4.78, 5) is 0. The lowest BCUT2D eigenvalue weighted by Gasteiger charge is -2.59. The summed E-state index contributed by atoms with van der Waals surface area (Å²) in [6.45, 7) is 22.2. The zero-order valence-corrected chi connectivity index (χ0v) is 45.8. The van der Waals surface area contributed by atoms with E-state index in [1.54, 1.807) is 107 Å². The first-order chi connectivity index (χ1) is 28.5. The van der Waals surface area contributed by atoms with Gasteiger partial charge < -0.3 is 0 Å². The van der Waals surface area contributed by atoms with Crippen molar-refractivity contribution in [2.24, 2.45) is 0 Å². The number of hydrogen-bond acceptors (Lipinski definition) is 0. The fraction of sp³-hybridized carbons (Fsp3) is 1.00. The SMILES string of the molecule is CCCCCCP(CCCCCC)C(CCCC)C(P(CCCCCC)CCCCCC)(P(CCCCCC)CCCCCC)P(CCCCCC)CCCCCC. The van der Waals surface area contributed by atoms with Crippen LogP contribution in [-0.4, -0.2) is 59.6 Å². The molecule has 0 saturated heterocycles. The van der Waals surface area contributed by atoms with Gasteiger partial charge in [-0.05, 0) is 113 Å². The molecule has 0 aromatic heterocycles. The van der Waals surface area contributed by atoms with Gasteiger partial charge >= 0.3 is 0 Å². The Labute approximate surface area is 376 Å². The highest BCUT2D eigenvalue weighted by atomic mass is 31.2. The molecule has 0 aliphatic heterocycles. The summed E-state index contributed by atoms with van der Waals surface area (Å²) in [6.07, 6.45) is 65.2. The highest BCUT2D eigenvalue weighted by Crippen LogP contribution is 2.85. The lowest BCUT2D eigenvalue weighted by Crippen LogP contribution is -2.41. The van der Waals surface area contributed by atoms with E-state index in [0.29, 0.717) is 0 Å². The minimum atomic E-state index is 0.0240. The van der Waals surface area contributed by atoms with Crippen molar-refractivity contribution < 1.29 is 0 Å². The van der Waals surface area contributed by atoms with E-state index in [0.717, 1.165) is 10.3 Å². The Morgan fingerprint density at radius 3 is 0.655 bits per heavy atom. The highest BCUT2D eigenvalue weighted by Gasteiger charge is 2.55. The van der Waals surface area contributed by atoms with Crippen LogP contribution in [0.15, 0.2) is 0 Å². The minimum absolute atomic E-state index is 0.0240. The van der Waals surface area contributed by atoms with Gasteiger partial charge in [0.15, 0.2) is 0 Å². The van der Waals surface area contributed by atoms with E-state index in [9.17, 15) is 0 Å². The van der Waals surface area contributed by atoms with E-state index in [1.807, 2.05) is 0 Å². The van der Waals surface area contributed by atoms with Crippen molar-refractivity contribution >= 4 is 31.7 Å². The molecule has 0 aliphatic carbocycles. The van der Waals surface area contributed by atoms with Gasteiger partial charge in [0.25, 0.3) is 0 Å². The van der Waals surface area contributed by atoms with Crippen LogP contribution in [0.1, 0.15) is 287 Å². The predicted molar refractivity (Wildman–Crippen MR) is 286 cm³/mol. The van der Waals surface area contributed by atoms with Crippen LogP contribution < -0.4 is 0 Å². The van der Waals surface area contributed by atoms with E-state index in [2.05, 4.69) is 62.3 Å². The van der Waals surface area contributed by atoms with E-state index in [1.165, 1.54) is 167 Å². The first-order valence-corrected chi connectivity index (χ1v) is 34.4. The maximum atomic E-state index is 2.57. The summed E-state index contributed by atoms with van der Waals surface area (Å²) >= 11 is 0. The van der Waals surface area contributed by atoms with Crippen LogP contribution in [0.4, 0.5) is 0 Å². The Balaban J connectivity index is 8.31. The van der Waals surface area contributed by atoms with Crippen LogP contribution in [0.2, 0.25) is 0 Å². The monoisotopic (exact) mass is 887 g/mol. The largest absolute Gasteiger partial charge is 0.102 e. The van der Waals surface area contributed by atoms with Crippen molar-refractivity contribution in [3.63, 3.8) is 0 Å². The van der Waals surface area contributed by atoms with Gasteiger partial charge in [-0.3, -0.25) is 0 Å². The third-order valence-corrected chi connectivity index (χ3v) is 31.3. The topological polar surface area (TPSA) is 0 Å². The average Bonchev–Trinajstić information content (AvgIpc) is 3.23. The van der Waals surface area contributed by atoms with Crippen LogP contribution in [0.25, 0.3) is 0 Å². The predicted octanol–water partition coefficient (Wildman–Crippen LogP) is 21.8. The second-order valence-electron chi connectivity index (χ2n) is 18.8. The second-order valence-corrected chi connectivity index (χ2v) is 30.6. The van der Waals surface area contributed by atoms with Crippen LogP contribution in [0, 0.1) is 0 Å². The van der Waals surface area contributed by atoms with Gasteiger partial charge in [-0.1, -0.05) is 253 Å². The molecule has 0 nitrogen and oxygen atoms in total. The van der Waals surface area contributed by atoms with Crippen LogP contribution in [-0.2, 0) is 0 Å². The molecule has 350 valence electrons. The number of unbranched alkanes of at least 4 members (excludes halogenated alkanes) is 25. The molecule has 0 spiro atoms. The van der Waals surface area contributed by atoms with Gasteiger partial charge in [-0.25, -0.2) is 0 Å². The maximum absolute atomic E-state index is 2.57. The van der Waals surface area contributed by atoms with Gasteiger partial charge in [-0.15, -0.1) is 7.92 Å². The zero-order valence-electron chi connectivity index (χ0n) is 42.3. The van der Waals surface area contributed by atoms with Crippen LogP contribution in [0.5, 0.6) is 0 Å². The summed E-state index contributed by atoms with van der Waals surface area (Å²) in [5, 5.41) is 0. The fourth-order valence-corrected chi connectivity index (χ4v) is 32.3. The Morgan fingerprint density at radius 2 is 0.448 bits per heavy atom. The molecule has 0 saturated carbocycles. The van der Waals surface area contributed by atoms with Gasteiger partial charge in [0.05, 0.1) is 0 Å². The quantitative estimate of drug-likeness (QED) is 0.0422. The van der Waals surface area contributed by atoms with Gasteiger partial charge in [0.1, 0.15) is 0 Å². The van der Waals surface area contributed by atoms with Crippen molar-refractivity contribution in [2.45, 2.75) is 297 Å². The zero-order chi connectivity index (χ0) is 42.8. The fourth-order valence-electron chi connectivity index (χ4n) is 9.86.